The van der Waals surface area contributed by atoms with Crippen molar-refractivity contribution in [2.24, 2.45) is 11.1 Å². The number of nitrogens with one attached hydrogen (secondary N) is 1. The zero-order valence-electron chi connectivity index (χ0n) is 8.18. The van der Waals surface area contributed by atoms with Gasteiger partial charge in [-0.05, 0) is 6.07 Å². The summed E-state index contributed by atoms with van der Waals surface area (Å²) in [5.74, 6) is 0.171. The second-order valence-electron chi connectivity index (χ2n) is 3.84. The van der Waals surface area contributed by atoms with Crippen molar-refractivity contribution >= 4 is 11.4 Å². The third kappa shape index (κ3) is 1.22. The topological polar surface area (TPSA) is 53.9 Å². The number of anilines is 1. The molecule has 0 saturated carbocycles. The molecule has 1 aromatic carbocycles. The molecule has 1 aromatic rings. The van der Waals surface area contributed by atoms with E-state index in [9.17, 15) is 0 Å². The van der Waals surface area contributed by atoms with Crippen LogP contribution in [0.4, 0.5) is 5.69 Å². The highest BCUT2D eigenvalue weighted by Crippen LogP contribution is 2.31. The fourth-order valence-electron chi connectivity index (χ4n) is 2.16. The van der Waals surface area contributed by atoms with Gasteiger partial charge >= 0.3 is 0 Å². The van der Waals surface area contributed by atoms with Gasteiger partial charge in [-0.2, -0.15) is 0 Å². The molecular weight excluding hydrogens is 192 g/mol. The summed E-state index contributed by atoms with van der Waals surface area (Å²) in [6.07, 6.45) is -0.194. The first-order valence-electron chi connectivity index (χ1n) is 5.08. The summed E-state index contributed by atoms with van der Waals surface area (Å²) in [4.78, 5) is 5.20. The monoisotopic (exact) mass is 204 g/mol. The first-order chi connectivity index (χ1) is 7.40. The Labute approximate surface area is 87.6 Å². The molecule has 0 radical (unpaired) electrons. The molecule has 2 aliphatic rings. The second-order valence-corrected chi connectivity index (χ2v) is 3.84. The molecule has 78 valence electrons. The van der Waals surface area contributed by atoms with E-state index in [0.717, 1.165) is 23.5 Å². The number of rotatable bonds is 1. The van der Waals surface area contributed by atoms with Gasteiger partial charge in [-0.1, -0.05) is 23.4 Å². The van der Waals surface area contributed by atoms with E-state index in [1.54, 1.807) is 0 Å². The van der Waals surface area contributed by atoms with Crippen LogP contribution in [0.3, 0.4) is 0 Å². The van der Waals surface area contributed by atoms with Gasteiger partial charge in [0.25, 0.3) is 0 Å². The standard InChI is InChI=1S/C11H12N2O2/c14-6-10-8-5-12-9-4-2-1-3-7(9)11(8)13-15-10/h1-4,8,10,12,14H,5-6H2. The van der Waals surface area contributed by atoms with Crippen molar-refractivity contribution in [2.45, 2.75) is 6.10 Å². The lowest BCUT2D eigenvalue weighted by atomic mass is 9.88. The minimum Gasteiger partial charge on any atom is -0.392 e. The quantitative estimate of drug-likeness (QED) is 0.712. The zero-order valence-corrected chi connectivity index (χ0v) is 8.18. The van der Waals surface area contributed by atoms with Crippen LogP contribution in [0, 0.1) is 5.92 Å². The number of aliphatic hydroxyl groups excluding tert-OH is 1. The Morgan fingerprint density at radius 2 is 2.33 bits per heavy atom. The molecule has 15 heavy (non-hydrogen) atoms. The van der Waals surface area contributed by atoms with Crippen LogP contribution in [-0.2, 0) is 4.84 Å². The molecule has 2 unspecified atom stereocenters. The van der Waals surface area contributed by atoms with Crippen LogP contribution >= 0.6 is 0 Å². The van der Waals surface area contributed by atoms with E-state index < -0.39 is 0 Å². The molecular formula is C11H12N2O2. The van der Waals surface area contributed by atoms with E-state index in [1.807, 2.05) is 24.3 Å². The lowest BCUT2D eigenvalue weighted by Gasteiger charge is -2.24. The van der Waals surface area contributed by atoms with E-state index in [1.165, 1.54) is 0 Å². The van der Waals surface area contributed by atoms with E-state index in [4.69, 9.17) is 9.94 Å². The predicted molar refractivity (Wildman–Crippen MR) is 56.9 cm³/mol. The molecule has 4 heteroatoms. The minimum atomic E-state index is -0.194. The van der Waals surface area contributed by atoms with Crippen LogP contribution in [0.2, 0.25) is 0 Å². The summed E-state index contributed by atoms with van der Waals surface area (Å²) in [5, 5.41) is 16.5. The van der Waals surface area contributed by atoms with Gasteiger partial charge < -0.3 is 15.3 Å². The molecule has 2 aliphatic heterocycles. The lowest BCUT2D eigenvalue weighted by molar-refractivity contribution is 0.0201. The molecule has 0 aliphatic carbocycles. The molecule has 2 N–H and O–H groups in total. The summed E-state index contributed by atoms with van der Waals surface area (Å²) < 4.78 is 0. The number of nitrogens with zero attached hydrogens (tertiary/aromatic N) is 1. The molecule has 2 atom stereocenters. The SMILES string of the molecule is OCC1ON=C2c3ccccc3NCC21. The van der Waals surface area contributed by atoms with E-state index >= 15 is 0 Å². The number of benzene rings is 1. The van der Waals surface area contributed by atoms with Gasteiger partial charge in [-0.15, -0.1) is 0 Å². The van der Waals surface area contributed by atoms with E-state index in [-0.39, 0.29) is 18.6 Å². The van der Waals surface area contributed by atoms with Crippen molar-refractivity contribution in [1.82, 2.24) is 0 Å². The average molecular weight is 204 g/mol. The van der Waals surface area contributed by atoms with Gasteiger partial charge in [0.05, 0.1) is 18.2 Å². The second kappa shape index (κ2) is 3.24. The highest BCUT2D eigenvalue weighted by Gasteiger charge is 2.37. The first-order valence-corrected chi connectivity index (χ1v) is 5.08. The van der Waals surface area contributed by atoms with Crippen molar-refractivity contribution in [2.75, 3.05) is 18.5 Å². The number of aliphatic hydroxyl groups is 1. The predicted octanol–water partition coefficient (Wildman–Crippen LogP) is 0.823. The highest BCUT2D eigenvalue weighted by atomic mass is 16.6. The zero-order chi connectivity index (χ0) is 10.3. The Hall–Kier alpha value is -1.55. The summed E-state index contributed by atoms with van der Waals surface area (Å²) >= 11 is 0. The van der Waals surface area contributed by atoms with Gasteiger partial charge in [0.1, 0.15) is 0 Å². The number of oxime groups is 1. The Morgan fingerprint density at radius 3 is 3.20 bits per heavy atom. The Bertz CT molecular complexity index is 417. The molecule has 0 aromatic heterocycles. The Morgan fingerprint density at radius 1 is 1.47 bits per heavy atom. The van der Waals surface area contributed by atoms with Gasteiger partial charge in [0.15, 0.2) is 6.10 Å². The van der Waals surface area contributed by atoms with Gasteiger partial charge in [0.2, 0.25) is 0 Å². The fourth-order valence-corrected chi connectivity index (χ4v) is 2.16. The maximum Gasteiger partial charge on any atom is 0.160 e. The summed E-state index contributed by atoms with van der Waals surface area (Å²) in [5.41, 5.74) is 3.14. The molecule has 2 heterocycles. The number of fused-ring (bicyclic) bond motifs is 3. The van der Waals surface area contributed by atoms with Crippen LogP contribution in [0.15, 0.2) is 29.4 Å². The van der Waals surface area contributed by atoms with Crippen molar-refractivity contribution in [3.63, 3.8) is 0 Å². The molecule has 0 saturated heterocycles. The first kappa shape index (κ1) is 8.73. The molecule has 4 nitrogen and oxygen atoms in total. The van der Waals surface area contributed by atoms with Crippen LogP contribution < -0.4 is 5.32 Å². The van der Waals surface area contributed by atoms with Gasteiger partial charge in [-0.3, -0.25) is 0 Å². The molecule has 0 spiro atoms. The highest BCUT2D eigenvalue weighted by molar-refractivity contribution is 6.08. The lowest BCUT2D eigenvalue weighted by Crippen LogP contribution is -2.36. The van der Waals surface area contributed by atoms with Crippen LogP contribution in [-0.4, -0.2) is 30.1 Å². The minimum absolute atomic E-state index is 0.0154. The van der Waals surface area contributed by atoms with Crippen LogP contribution in [0.25, 0.3) is 0 Å². The molecule has 0 amide bonds. The summed E-state index contributed by atoms with van der Waals surface area (Å²) in [6.45, 7) is 0.794. The van der Waals surface area contributed by atoms with E-state index in [0.29, 0.717) is 0 Å². The number of hydrogen-bond donors (Lipinski definition) is 2. The maximum atomic E-state index is 9.13. The van der Waals surface area contributed by atoms with Gasteiger partial charge in [-0.25, -0.2) is 0 Å². The van der Waals surface area contributed by atoms with Crippen molar-refractivity contribution in [3.8, 4) is 0 Å². The van der Waals surface area contributed by atoms with Crippen molar-refractivity contribution in [1.29, 1.82) is 0 Å². The van der Waals surface area contributed by atoms with Crippen molar-refractivity contribution < 1.29 is 9.94 Å². The smallest absolute Gasteiger partial charge is 0.160 e. The van der Waals surface area contributed by atoms with Crippen LogP contribution in [0.5, 0.6) is 0 Å². The van der Waals surface area contributed by atoms with E-state index in [2.05, 4.69) is 10.5 Å². The third-order valence-corrected chi connectivity index (χ3v) is 2.98. The number of para-hydroxylation sites is 1. The van der Waals surface area contributed by atoms with Crippen molar-refractivity contribution in [3.05, 3.63) is 29.8 Å². The number of hydrogen-bond acceptors (Lipinski definition) is 4. The third-order valence-electron chi connectivity index (χ3n) is 2.98. The maximum absolute atomic E-state index is 9.13. The Kier molecular flexibility index (Phi) is 1.89. The Balaban J connectivity index is 2.02. The fraction of sp³-hybridized carbons (Fsp3) is 0.364. The van der Waals surface area contributed by atoms with Gasteiger partial charge in [0, 0.05) is 17.8 Å². The summed E-state index contributed by atoms with van der Waals surface area (Å²) in [7, 11) is 0. The van der Waals surface area contributed by atoms with Crippen LogP contribution in [0.1, 0.15) is 5.56 Å². The average Bonchev–Trinajstić information content (AvgIpc) is 2.72. The summed E-state index contributed by atoms with van der Waals surface area (Å²) in [6, 6.07) is 8.03. The molecule has 3 rings (SSSR count). The molecule has 0 bridgehead atoms. The normalized spacial score (nSPS) is 27.1. The largest absolute Gasteiger partial charge is 0.392 e. The molecule has 0 fully saturated rings.